The van der Waals surface area contributed by atoms with Crippen LogP contribution < -0.4 is 5.32 Å². The summed E-state index contributed by atoms with van der Waals surface area (Å²) in [6.45, 7) is 0.277. The van der Waals surface area contributed by atoms with Gasteiger partial charge >= 0.3 is 0 Å². The summed E-state index contributed by atoms with van der Waals surface area (Å²) in [5, 5.41) is 9.95. The molecule has 0 unspecified atom stereocenters. The van der Waals surface area contributed by atoms with Crippen molar-refractivity contribution >= 4 is 35.2 Å². The number of nitrogens with zero attached hydrogens (tertiary/aromatic N) is 2. The first-order valence-corrected chi connectivity index (χ1v) is 6.16. The van der Waals surface area contributed by atoms with Gasteiger partial charge in [0.05, 0.1) is 6.54 Å². The molecule has 1 heterocycles. The number of halogens is 2. The van der Waals surface area contributed by atoms with Crippen LogP contribution in [0.5, 0.6) is 0 Å². The van der Waals surface area contributed by atoms with E-state index in [-0.39, 0.29) is 12.5 Å². The van der Waals surface area contributed by atoms with Crippen molar-refractivity contribution in [2.45, 2.75) is 6.54 Å². The molecule has 5 nitrogen and oxygen atoms in total. The molecule has 98 valence electrons. The monoisotopic (exact) mass is 296 g/mol. The van der Waals surface area contributed by atoms with Crippen LogP contribution in [0.1, 0.15) is 11.4 Å². The third-order valence-corrected chi connectivity index (χ3v) is 2.96. The standard InChI is InChI=1S/C12H10Cl2N4O/c13-9-2-1-3-10(14)8(9)4-5-12(19)15-6-11-16-7-17-18-11/h1-5,7H,6H2,(H,15,19)(H,16,17,18)/b5-4+. The molecule has 0 spiro atoms. The van der Waals surface area contributed by atoms with Gasteiger partial charge in [0.25, 0.3) is 0 Å². The molecule has 1 amide bonds. The van der Waals surface area contributed by atoms with Gasteiger partial charge in [0.15, 0.2) is 0 Å². The molecule has 2 aromatic rings. The van der Waals surface area contributed by atoms with Crippen molar-refractivity contribution in [1.82, 2.24) is 20.5 Å². The van der Waals surface area contributed by atoms with Gasteiger partial charge in [0.2, 0.25) is 5.91 Å². The summed E-state index contributed by atoms with van der Waals surface area (Å²) in [4.78, 5) is 15.5. The normalized spacial score (nSPS) is 10.8. The highest BCUT2D eigenvalue weighted by Crippen LogP contribution is 2.25. The number of rotatable bonds is 4. The molecule has 0 saturated carbocycles. The predicted octanol–water partition coefficient (Wildman–Crippen LogP) is 2.44. The van der Waals surface area contributed by atoms with Gasteiger partial charge in [-0.05, 0) is 18.2 Å². The summed E-state index contributed by atoms with van der Waals surface area (Å²) in [5.74, 6) is 0.310. The first-order valence-electron chi connectivity index (χ1n) is 5.41. The van der Waals surface area contributed by atoms with Gasteiger partial charge in [-0.2, -0.15) is 5.10 Å². The highest BCUT2D eigenvalue weighted by molar-refractivity contribution is 6.37. The minimum atomic E-state index is -0.271. The van der Waals surface area contributed by atoms with Crippen LogP contribution in [0.2, 0.25) is 10.0 Å². The third kappa shape index (κ3) is 3.81. The second-order valence-electron chi connectivity index (χ2n) is 3.62. The summed E-state index contributed by atoms with van der Waals surface area (Å²) >= 11 is 12.0. The van der Waals surface area contributed by atoms with E-state index < -0.39 is 0 Å². The number of nitrogens with one attached hydrogen (secondary N) is 2. The van der Waals surface area contributed by atoms with Crippen LogP contribution in [0.4, 0.5) is 0 Å². The van der Waals surface area contributed by atoms with E-state index in [0.29, 0.717) is 21.4 Å². The smallest absolute Gasteiger partial charge is 0.244 e. The van der Waals surface area contributed by atoms with Crippen molar-refractivity contribution in [3.8, 4) is 0 Å². The van der Waals surface area contributed by atoms with Crippen LogP contribution >= 0.6 is 23.2 Å². The second-order valence-corrected chi connectivity index (χ2v) is 4.43. The van der Waals surface area contributed by atoms with E-state index in [2.05, 4.69) is 20.5 Å². The fraction of sp³-hybridized carbons (Fsp3) is 0.0833. The largest absolute Gasteiger partial charge is 0.345 e. The fourth-order valence-corrected chi connectivity index (χ4v) is 1.90. The number of benzene rings is 1. The molecule has 0 fully saturated rings. The zero-order valence-corrected chi connectivity index (χ0v) is 11.2. The first-order chi connectivity index (χ1) is 9.16. The van der Waals surface area contributed by atoms with E-state index >= 15 is 0 Å². The van der Waals surface area contributed by atoms with E-state index in [1.807, 2.05) is 0 Å². The van der Waals surface area contributed by atoms with E-state index in [1.165, 1.54) is 12.4 Å². The lowest BCUT2D eigenvalue weighted by Crippen LogP contribution is -2.20. The molecule has 7 heteroatoms. The molecule has 19 heavy (non-hydrogen) atoms. The van der Waals surface area contributed by atoms with Gasteiger partial charge in [-0.1, -0.05) is 29.3 Å². The molecule has 0 aliphatic rings. The molecular weight excluding hydrogens is 287 g/mol. The Balaban J connectivity index is 1.96. The number of H-pyrrole nitrogens is 1. The minimum Gasteiger partial charge on any atom is -0.345 e. The summed E-state index contributed by atoms with van der Waals surface area (Å²) in [6, 6.07) is 5.16. The number of carbonyl (C=O) groups is 1. The highest BCUT2D eigenvalue weighted by atomic mass is 35.5. The van der Waals surface area contributed by atoms with Crippen molar-refractivity contribution in [2.75, 3.05) is 0 Å². The van der Waals surface area contributed by atoms with Gasteiger partial charge < -0.3 is 5.32 Å². The van der Waals surface area contributed by atoms with Gasteiger partial charge in [-0.3, -0.25) is 9.89 Å². The average molecular weight is 297 g/mol. The van der Waals surface area contributed by atoms with Gasteiger partial charge in [0.1, 0.15) is 12.2 Å². The van der Waals surface area contributed by atoms with Crippen molar-refractivity contribution < 1.29 is 4.79 Å². The Bertz CT molecular complexity index is 576. The van der Waals surface area contributed by atoms with Gasteiger partial charge in [0, 0.05) is 21.7 Å². The fourth-order valence-electron chi connectivity index (χ4n) is 1.37. The molecule has 0 atom stereocenters. The lowest BCUT2D eigenvalue weighted by molar-refractivity contribution is -0.116. The maximum absolute atomic E-state index is 11.6. The summed E-state index contributed by atoms with van der Waals surface area (Å²) in [5.41, 5.74) is 0.612. The number of hydrogen-bond donors (Lipinski definition) is 2. The van der Waals surface area contributed by atoms with Crippen molar-refractivity contribution in [3.63, 3.8) is 0 Å². The zero-order chi connectivity index (χ0) is 13.7. The molecule has 2 rings (SSSR count). The summed E-state index contributed by atoms with van der Waals surface area (Å²) in [6.07, 6.45) is 4.31. The highest BCUT2D eigenvalue weighted by Gasteiger charge is 2.03. The Labute approximate surface area is 119 Å². The van der Waals surface area contributed by atoms with E-state index in [1.54, 1.807) is 24.3 Å². The van der Waals surface area contributed by atoms with Crippen molar-refractivity contribution in [3.05, 3.63) is 52.0 Å². The zero-order valence-electron chi connectivity index (χ0n) is 9.73. The minimum absolute atomic E-state index is 0.271. The van der Waals surface area contributed by atoms with Crippen LogP contribution in [-0.4, -0.2) is 21.1 Å². The second kappa shape index (κ2) is 6.36. The van der Waals surface area contributed by atoms with Crippen LogP contribution in [0.15, 0.2) is 30.6 Å². The SMILES string of the molecule is O=C(/C=C/c1c(Cl)cccc1Cl)NCc1ncn[nH]1. The molecule has 1 aromatic heterocycles. The molecule has 2 N–H and O–H groups in total. The van der Waals surface area contributed by atoms with Gasteiger partial charge in [-0.15, -0.1) is 0 Å². The topological polar surface area (TPSA) is 70.7 Å². The van der Waals surface area contributed by atoms with Crippen molar-refractivity contribution in [2.24, 2.45) is 0 Å². The number of aromatic amines is 1. The Morgan fingerprint density at radius 1 is 1.37 bits per heavy atom. The average Bonchev–Trinajstić information content (AvgIpc) is 2.89. The van der Waals surface area contributed by atoms with Gasteiger partial charge in [-0.25, -0.2) is 4.98 Å². The Morgan fingerprint density at radius 2 is 2.11 bits per heavy atom. The lowest BCUT2D eigenvalue weighted by atomic mass is 10.2. The number of hydrogen-bond acceptors (Lipinski definition) is 3. The summed E-state index contributed by atoms with van der Waals surface area (Å²) in [7, 11) is 0. The molecule has 0 bridgehead atoms. The quantitative estimate of drug-likeness (QED) is 0.851. The first kappa shape index (κ1) is 13.6. The molecule has 0 radical (unpaired) electrons. The number of amides is 1. The predicted molar refractivity (Wildman–Crippen MR) is 73.7 cm³/mol. The van der Waals surface area contributed by atoms with E-state index in [0.717, 1.165) is 0 Å². The van der Waals surface area contributed by atoms with Crippen LogP contribution in [0, 0.1) is 0 Å². The van der Waals surface area contributed by atoms with Crippen molar-refractivity contribution in [1.29, 1.82) is 0 Å². The van der Waals surface area contributed by atoms with Crippen LogP contribution in [0.3, 0.4) is 0 Å². The Kier molecular flexibility index (Phi) is 4.54. The summed E-state index contributed by atoms with van der Waals surface area (Å²) < 4.78 is 0. The Hall–Kier alpha value is -1.85. The molecule has 0 aliphatic carbocycles. The third-order valence-electron chi connectivity index (χ3n) is 2.30. The number of aromatic nitrogens is 3. The van der Waals surface area contributed by atoms with Crippen LogP contribution in [-0.2, 0) is 11.3 Å². The molecule has 0 saturated heterocycles. The molecule has 1 aromatic carbocycles. The molecular formula is C12H10Cl2N4O. The van der Waals surface area contributed by atoms with E-state index in [9.17, 15) is 4.79 Å². The maximum atomic E-state index is 11.6. The number of carbonyl (C=O) groups excluding carboxylic acids is 1. The lowest BCUT2D eigenvalue weighted by Gasteiger charge is -2.01. The molecule has 0 aliphatic heterocycles. The van der Waals surface area contributed by atoms with E-state index in [4.69, 9.17) is 23.2 Å². The van der Waals surface area contributed by atoms with Crippen LogP contribution in [0.25, 0.3) is 6.08 Å². The Morgan fingerprint density at radius 3 is 2.74 bits per heavy atom. The maximum Gasteiger partial charge on any atom is 0.244 e.